The lowest BCUT2D eigenvalue weighted by molar-refractivity contribution is -0.0505. The standard InChI is InChI=1S/C15H12F4N2O2/c16-14(17)22-11-5-1-9(2-6-11)13(21-20)10-3-7-12(8-4-10)23-15(18)19/h1-8,14-15H,20H2. The zero-order valence-electron chi connectivity index (χ0n) is 11.6. The van der Waals surface area contributed by atoms with E-state index in [1.165, 1.54) is 48.5 Å². The number of halogens is 4. The summed E-state index contributed by atoms with van der Waals surface area (Å²) >= 11 is 0. The maximum atomic E-state index is 12.1. The Balaban J connectivity index is 2.19. The Morgan fingerprint density at radius 2 is 1.09 bits per heavy atom. The summed E-state index contributed by atoms with van der Waals surface area (Å²) in [5.41, 5.74) is 1.46. The number of hydrazone groups is 1. The molecule has 0 spiro atoms. The van der Waals surface area contributed by atoms with Gasteiger partial charge in [-0.1, -0.05) is 0 Å². The normalized spacial score (nSPS) is 10.7. The summed E-state index contributed by atoms with van der Waals surface area (Å²) in [7, 11) is 0. The molecule has 0 saturated heterocycles. The molecule has 23 heavy (non-hydrogen) atoms. The van der Waals surface area contributed by atoms with Gasteiger partial charge in [0.05, 0.1) is 5.71 Å². The Bertz CT molecular complexity index is 603. The molecule has 0 aliphatic heterocycles. The molecule has 0 bridgehead atoms. The molecule has 2 rings (SSSR count). The van der Waals surface area contributed by atoms with Gasteiger partial charge in [0.2, 0.25) is 0 Å². The van der Waals surface area contributed by atoms with Crippen molar-refractivity contribution in [1.29, 1.82) is 0 Å². The number of benzene rings is 2. The minimum Gasteiger partial charge on any atom is -0.435 e. The smallest absolute Gasteiger partial charge is 0.387 e. The van der Waals surface area contributed by atoms with Gasteiger partial charge in [0.1, 0.15) is 11.5 Å². The van der Waals surface area contributed by atoms with Crippen LogP contribution in [0.15, 0.2) is 53.6 Å². The molecule has 0 unspecified atom stereocenters. The average molecular weight is 328 g/mol. The van der Waals surface area contributed by atoms with Gasteiger partial charge >= 0.3 is 13.2 Å². The minimum absolute atomic E-state index is 0.000743. The summed E-state index contributed by atoms with van der Waals surface area (Å²) < 4.78 is 56.9. The number of nitrogens with two attached hydrogens (primary N) is 1. The van der Waals surface area contributed by atoms with Crippen LogP contribution in [0.2, 0.25) is 0 Å². The first-order valence-corrected chi connectivity index (χ1v) is 6.38. The lowest BCUT2D eigenvalue weighted by Gasteiger charge is -2.09. The van der Waals surface area contributed by atoms with Gasteiger partial charge in [-0.25, -0.2) is 0 Å². The van der Waals surface area contributed by atoms with E-state index < -0.39 is 13.2 Å². The van der Waals surface area contributed by atoms with Crippen LogP contribution in [0.1, 0.15) is 11.1 Å². The molecule has 0 aromatic heterocycles. The average Bonchev–Trinajstić information content (AvgIpc) is 2.50. The molecule has 2 aromatic carbocycles. The fourth-order valence-electron chi connectivity index (χ4n) is 1.90. The number of rotatable bonds is 6. The van der Waals surface area contributed by atoms with Crippen molar-refractivity contribution in [3.8, 4) is 11.5 Å². The Morgan fingerprint density at radius 3 is 1.35 bits per heavy atom. The van der Waals surface area contributed by atoms with E-state index >= 15 is 0 Å². The lowest BCUT2D eigenvalue weighted by atomic mass is 10.0. The molecule has 122 valence electrons. The van der Waals surface area contributed by atoms with Crippen molar-refractivity contribution in [2.75, 3.05) is 0 Å². The summed E-state index contributed by atoms with van der Waals surface area (Å²) in [4.78, 5) is 0. The van der Waals surface area contributed by atoms with Crippen molar-refractivity contribution in [2.45, 2.75) is 13.2 Å². The molecule has 0 fully saturated rings. The number of hydrogen-bond acceptors (Lipinski definition) is 4. The van der Waals surface area contributed by atoms with Crippen LogP contribution in [-0.2, 0) is 0 Å². The molecule has 0 amide bonds. The van der Waals surface area contributed by atoms with E-state index in [0.717, 1.165) is 0 Å². The van der Waals surface area contributed by atoms with Gasteiger partial charge in [-0.2, -0.15) is 22.7 Å². The Kier molecular flexibility index (Phi) is 5.40. The van der Waals surface area contributed by atoms with Gasteiger partial charge < -0.3 is 15.3 Å². The second kappa shape index (κ2) is 7.48. The molecule has 2 aromatic rings. The fourth-order valence-corrected chi connectivity index (χ4v) is 1.90. The molecule has 8 heteroatoms. The molecule has 0 heterocycles. The van der Waals surface area contributed by atoms with Crippen molar-refractivity contribution in [3.63, 3.8) is 0 Å². The molecule has 0 aliphatic rings. The van der Waals surface area contributed by atoms with Gasteiger partial charge in [0.25, 0.3) is 0 Å². The summed E-state index contributed by atoms with van der Waals surface area (Å²) in [6, 6.07) is 11.4. The van der Waals surface area contributed by atoms with Crippen molar-refractivity contribution in [3.05, 3.63) is 59.7 Å². The summed E-state index contributed by atoms with van der Waals surface area (Å²) in [5, 5.41) is 3.65. The highest BCUT2D eigenvalue weighted by atomic mass is 19.3. The number of ether oxygens (including phenoxy) is 2. The third-order valence-electron chi connectivity index (χ3n) is 2.83. The topological polar surface area (TPSA) is 56.8 Å². The summed E-state index contributed by atoms with van der Waals surface area (Å²) in [6.45, 7) is -5.82. The van der Waals surface area contributed by atoms with E-state index in [2.05, 4.69) is 14.6 Å². The third-order valence-corrected chi connectivity index (χ3v) is 2.83. The van der Waals surface area contributed by atoms with Gasteiger partial charge in [-0.15, -0.1) is 0 Å². The van der Waals surface area contributed by atoms with E-state index in [-0.39, 0.29) is 11.5 Å². The van der Waals surface area contributed by atoms with Crippen molar-refractivity contribution in [1.82, 2.24) is 0 Å². The molecule has 4 nitrogen and oxygen atoms in total. The molecule has 0 radical (unpaired) electrons. The highest BCUT2D eigenvalue weighted by Gasteiger charge is 2.10. The third kappa shape index (κ3) is 4.60. The number of hydrogen-bond donors (Lipinski definition) is 1. The quantitative estimate of drug-likeness (QED) is 0.381. The van der Waals surface area contributed by atoms with E-state index in [0.29, 0.717) is 16.8 Å². The molecule has 0 atom stereocenters. The van der Waals surface area contributed by atoms with Gasteiger partial charge in [-0.05, 0) is 48.5 Å². The van der Waals surface area contributed by atoms with Crippen molar-refractivity contribution < 1.29 is 27.0 Å². The van der Waals surface area contributed by atoms with Gasteiger partial charge in [-0.3, -0.25) is 0 Å². The van der Waals surface area contributed by atoms with Gasteiger partial charge in [0.15, 0.2) is 0 Å². The van der Waals surface area contributed by atoms with E-state index in [1.54, 1.807) is 0 Å². The minimum atomic E-state index is -2.91. The van der Waals surface area contributed by atoms with Crippen LogP contribution in [0.25, 0.3) is 0 Å². The van der Waals surface area contributed by atoms with Crippen LogP contribution in [0, 0.1) is 0 Å². The van der Waals surface area contributed by atoms with Crippen LogP contribution >= 0.6 is 0 Å². The van der Waals surface area contributed by atoms with Crippen LogP contribution in [0.4, 0.5) is 17.6 Å². The van der Waals surface area contributed by atoms with Crippen LogP contribution in [0.3, 0.4) is 0 Å². The van der Waals surface area contributed by atoms with Gasteiger partial charge in [0, 0.05) is 11.1 Å². The first-order chi connectivity index (χ1) is 11.0. The second-order valence-electron chi connectivity index (χ2n) is 4.28. The first-order valence-electron chi connectivity index (χ1n) is 6.38. The SMILES string of the molecule is NN=C(c1ccc(OC(F)F)cc1)c1ccc(OC(F)F)cc1. The number of nitrogens with zero attached hydrogens (tertiary/aromatic N) is 1. The van der Waals surface area contributed by atoms with E-state index in [4.69, 9.17) is 5.84 Å². The maximum absolute atomic E-state index is 12.1. The predicted octanol–water partition coefficient (Wildman–Crippen LogP) is 3.60. The highest BCUT2D eigenvalue weighted by molar-refractivity contribution is 6.12. The van der Waals surface area contributed by atoms with Crippen LogP contribution in [0.5, 0.6) is 11.5 Å². The van der Waals surface area contributed by atoms with E-state index in [1.807, 2.05) is 0 Å². The Labute approximate surface area is 129 Å². The van der Waals surface area contributed by atoms with Crippen molar-refractivity contribution >= 4 is 5.71 Å². The van der Waals surface area contributed by atoms with Crippen molar-refractivity contribution in [2.24, 2.45) is 10.9 Å². The number of alkyl halides is 4. The fraction of sp³-hybridized carbons (Fsp3) is 0.133. The molecule has 2 N–H and O–H groups in total. The van der Waals surface area contributed by atoms with Crippen LogP contribution < -0.4 is 15.3 Å². The highest BCUT2D eigenvalue weighted by Crippen LogP contribution is 2.20. The largest absolute Gasteiger partial charge is 0.435 e. The molecular weight excluding hydrogens is 316 g/mol. The zero-order valence-corrected chi connectivity index (χ0v) is 11.6. The molecule has 0 aliphatic carbocycles. The van der Waals surface area contributed by atoms with Crippen LogP contribution in [-0.4, -0.2) is 18.9 Å². The lowest BCUT2D eigenvalue weighted by Crippen LogP contribution is -2.08. The summed E-state index contributed by atoms with van der Waals surface area (Å²) in [6.07, 6.45) is 0. The second-order valence-corrected chi connectivity index (χ2v) is 4.28. The molecular formula is C15H12F4N2O2. The maximum Gasteiger partial charge on any atom is 0.387 e. The predicted molar refractivity (Wildman–Crippen MR) is 76.0 cm³/mol. The molecule has 0 saturated carbocycles. The monoisotopic (exact) mass is 328 g/mol. The summed E-state index contributed by atoms with van der Waals surface area (Å²) in [5.74, 6) is 5.36. The Hall–Kier alpha value is -2.77. The van der Waals surface area contributed by atoms with E-state index in [9.17, 15) is 17.6 Å². The zero-order chi connectivity index (χ0) is 16.8. The first kappa shape index (κ1) is 16.6. The Morgan fingerprint density at radius 1 is 0.739 bits per heavy atom.